The minimum atomic E-state index is -0.785. The largest absolute Gasteiger partial charge is 0.480 e. The number of nitrogens with one attached hydrogen (secondary N) is 1. The average molecular weight is 312 g/mol. The van der Waals surface area contributed by atoms with Crippen LogP contribution in [0.1, 0.15) is 58.3 Å². The van der Waals surface area contributed by atoms with Gasteiger partial charge in [0.15, 0.2) is 0 Å². The second-order valence-corrected chi connectivity index (χ2v) is 5.83. The lowest BCUT2D eigenvalue weighted by molar-refractivity contribution is -0.142. The predicted octanol–water partition coefficient (Wildman–Crippen LogP) is 2.81. The maximum atomic E-state index is 11.6. The highest BCUT2D eigenvalue weighted by Gasteiger charge is 2.18. The number of amides is 1. The number of carboxylic acid groups (broad SMARTS) is 1. The van der Waals surface area contributed by atoms with Gasteiger partial charge in [-0.05, 0) is 59.5 Å². The van der Waals surface area contributed by atoms with Crippen LogP contribution < -0.4 is 5.32 Å². The van der Waals surface area contributed by atoms with E-state index in [1.807, 2.05) is 6.92 Å². The lowest BCUT2D eigenvalue weighted by Crippen LogP contribution is -2.35. The van der Waals surface area contributed by atoms with Crippen molar-refractivity contribution in [3.8, 4) is 0 Å². The first-order valence-electron chi connectivity index (χ1n) is 8.26. The molecule has 2 N–H and O–H groups in total. The van der Waals surface area contributed by atoms with E-state index in [1.54, 1.807) is 19.0 Å². The van der Waals surface area contributed by atoms with Gasteiger partial charge < -0.3 is 10.4 Å². The molecule has 0 rings (SSSR count). The summed E-state index contributed by atoms with van der Waals surface area (Å²) in [5.74, 6) is -0.680. The number of carbonyl (C=O) groups excluding carboxylic acids is 1. The molecule has 22 heavy (non-hydrogen) atoms. The molecule has 0 radical (unpaired) electrons. The van der Waals surface area contributed by atoms with Crippen molar-refractivity contribution in [1.29, 1.82) is 0 Å². The van der Waals surface area contributed by atoms with Gasteiger partial charge in [0.1, 0.15) is 6.04 Å². The van der Waals surface area contributed by atoms with E-state index in [4.69, 9.17) is 5.11 Å². The van der Waals surface area contributed by atoms with E-state index in [-0.39, 0.29) is 5.91 Å². The number of unbranched alkanes of at least 4 members (excludes halogenated alkanes) is 4. The minimum absolute atomic E-state index is 0.105. The normalized spacial score (nSPS) is 12.7. The number of carboxylic acids is 1. The minimum Gasteiger partial charge on any atom is -0.480 e. The van der Waals surface area contributed by atoms with Crippen LogP contribution in [0, 0.1) is 0 Å². The van der Waals surface area contributed by atoms with E-state index in [0.29, 0.717) is 19.4 Å². The number of hydrogen-bond acceptors (Lipinski definition) is 3. The Hall–Kier alpha value is -1.36. The topological polar surface area (TPSA) is 69.6 Å². The lowest BCUT2D eigenvalue weighted by atomic mass is 10.1. The zero-order valence-corrected chi connectivity index (χ0v) is 14.3. The van der Waals surface area contributed by atoms with E-state index < -0.39 is 12.0 Å². The Morgan fingerprint density at radius 1 is 1.14 bits per heavy atom. The molecule has 1 amide bonds. The number of likely N-dealkylation sites (N-methyl/N-ethyl adjacent to an activating group) is 1. The molecule has 0 bridgehead atoms. The fourth-order valence-electron chi connectivity index (χ4n) is 2.27. The Balaban J connectivity index is 3.54. The highest BCUT2D eigenvalue weighted by molar-refractivity contribution is 5.75. The van der Waals surface area contributed by atoms with Gasteiger partial charge in [0.05, 0.1) is 0 Å². The SMILES string of the molecule is C/C=C/CCCCCC(=O)NCCCC[C@@H](C(=O)O)N(C)C. The number of allylic oxidation sites excluding steroid dienone is 2. The van der Waals surface area contributed by atoms with Gasteiger partial charge in [0.25, 0.3) is 0 Å². The molecule has 128 valence electrons. The highest BCUT2D eigenvalue weighted by atomic mass is 16.4. The molecule has 0 aromatic carbocycles. The second kappa shape index (κ2) is 13.3. The number of aliphatic carboxylic acids is 1. The summed E-state index contributed by atoms with van der Waals surface area (Å²) in [5.41, 5.74) is 0. The molecule has 1 atom stereocenters. The zero-order valence-electron chi connectivity index (χ0n) is 14.3. The molecule has 0 aromatic rings. The fourth-order valence-corrected chi connectivity index (χ4v) is 2.27. The number of carbonyl (C=O) groups is 2. The van der Waals surface area contributed by atoms with Gasteiger partial charge in [-0.15, -0.1) is 0 Å². The first kappa shape index (κ1) is 20.6. The van der Waals surface area contributed by atoms with Crippen molar-refractivity contribution in [3.05, 3.63) is 12.2 Å². The van der Waals surface area contributed by atoms with Gasteiger partial charge in [-0.3, -0.25) is 14.5 Å². The van der Waals surface area contributed by atoms with Crippen molar-refractivity contribution in [2.75, 3.05) is 20.6 Å². The maximum absolute atomic E-state index is 11.6. The third kappa shape index (κ3) is 11.3. The van der Waals surface area contributed by atoms with Gasteiger partial charge in [-0.2, -0.15) is 0 Å². The fraction of sp³-hybridized carbons (Fsp3) is 0.765. The standard InChI is InChI=1S/C17H32N2O3/c1-4-5-6-7-8-9-13-16(20)18-14-11-10-12-15(17(21)22)19(2)3/h4-5,15H,6-14H2,1-3H3,(H,18,20)(H,21,22)/b5-4+/t15-/m0/s1. The molecule has 5 heteroatoms. The first-order valence-corrected chi connectivity index (χ1v) is 8.26. The summed E-state index contributed by atoms with van der Waals surface area (Å²) >= 11 is 0. The van der Waals surface area contributed by atoms with Crippen LogP contribution in [0.2, 0.25) is 0 Å². The molecule has 0 aromatic heterocycles. The highest BCUT2D eigenvalue weighted by Crippen LogP contribution is 2.06. The molecular formula is C17H32N2O3. The Labute approximate surface area is 134 Å². The van der Waals surface area contributed by atoms with Crippen LogP contribution in [0.4, 0.5) is 0 Å². The first-order chi connectivity index (χ1) is 10.5. The lowest BCUT2D eigenvalue weighted by Gasteiger charge is -2.19. The van der Waals surface area contributed by atoms with Crippen molar-refractivity contribution in [3.63, 3.8) is 0 Å². The van der Waals surface area contributed by atoms with Crippen LogP contribution in [0.25, 0.3) is 0 Å². The smallest absolute Gasteiger partial charge is 0.320 e. The summed E-state index contributed by atoms with van der Waals surface area (Å²) in [6.45, 7) is 2.65. The van der Waals surface area contributed by atoms with Gasteiger partial charge in [0, 0.05) is 13.0 Å². The van der Waals surface area contributed by atoms with Crippen LogP contribution >= 0.6 is 0 Å². The molecule has 0 spiro atoms. The van der Waals surface area contributed by atoms with E-state index in [2.05, 4.69) is 17.5 Å². The molecule has 0 aliphatic rings. The zero-order chi connectivity index (χ0) is 16.8. The summed E-state index contributed by atoms with van der Waals surface area (Å²) in [4.78, 5) is 24.3. The summed E-state index contributed by atoms with van der Waals surface area (Å²) in [5, 5.41) is 12.0. The van der Waals surface area contributed by atoms with Gasteiger partial charge in [0.2, 0.25) is 5.91 Å². The molecule has 5 nitrogen and oxygen atoms in total. The summed E-state index contributed by atoms with van der Waals surface area (Å²) in [6, 6.07) is -0.437. The summed E-state index contributed by atoms with van der Waals surface area (Å²) in [7, 11) is 3.55. The van der Waals surface area contributed by atoms with Gasteiger partial charge in [-0.1, -0.05) is 18.6 Å². The van der Waals surface area contributed by atoms with Crippen molar-refractivity contribution < 1.29 is 14.7 Å². The predicted molar refractivity (Wildman–Crippen MR) is 89.9 cm³/mol. The van der Waals surface area contributed by atoms with Crippen molar-refractivity contribution in [2.45, 2.75) is 64.3 Å². The third-order valence-corrected chi connectivity index (χ3v) is 3.65. The molecule has 0 fully saturated rings. The molecule has 0 heterocycles. The van der Waals surface area contributed by atoms with Crippen molar-refractivity contribution in [2.24, 2.45) is 0 Å². The van der Waals surface area contributed by atoms with Gasteiger partial charge in [-0.25, -0.2) is 0 Å². The van der Waals surface area contributed by atoms with Crippen molar-refractivity contribution >= 4 is 11.9 Å². The third-order valence-electron chi connectivity index (χ3n) is 3.65. The van der Waals surface area contributed by atoms with E-state index in [1.165, 1.54) is 0 Å². The van der Waals surface area contributed by atoms with Crippen LogP contribution in [-0.2, 0) is 9.59 Å². The van der Waals surface area contributed by atoms with Gasteiger partial charge >= 0.3 is 5.97 Å². The Morgan fingerprint density at radius 2 is 1.86 bits per heavy atom. The Morgan fingerprint density at radius 3 is 2.45 bits per heavy atom. The Bertz CT molecular complexity index is 341. The summed E-state index contributed by atoms with van der Waals surface area (Å²) in [6.07, 6.45) is 11.3. The van der Waals surface area contributed by atoms with E-state index in [9.17, 15) is 9.59 Å². The number of nitrogens with zero attached hydrogens (tertiary/aromatic N) is 1. The van der Waals surface area contributed by atoms with Crippen LogP contribution in [0.3, 0.4) is 0 Å². The van der Waals surface area contributed by atoms with E-state index in [0.717, 1.165) is 38.5 Å². The van der Waals surface area contributed by atoms with Crippen LogP contribution in [0.15, 0.2) is 12.2 Å². The number of hydrogen-bond donors (Lipinski definition) is 2. The monoisotopic (exact) mass is 312 g/mol. The number of rotatable bonds is 13. The molecule has 0 aliphatic heterocycles. The van der Waals surface area contributed by atoms with Crippen molar-refractivity contribution in [1.82, 2.24) is 10.2 Å². The Kier molecular flexibility index (Phi) is 12.5. The molecular weight excluding hydrogens is 280 g/mol. The molecule has 0 saturated heterocycles. The summed E-state index contributed by atoms with van der Waals surface area (Å²) < 4.78 is 0. The van der Waals surface area contributed by atoms with E-state index >= 15 is 0 Å². The molecule has 0 unspecified atom stereocenters. The average Bonchev–Trinajstić information content (AvgIpc) is 2.45. The molecule has 0 aliphatic carbocycles. The maximum Gasteiger partial charge on any atom is 0.320 e. The van der Waals surface area contributed by atoms with Crippen LogP contribution in [0.5, 0.6) is 0 Å². The van der Waals surface area contributed by atoms with Crippen LogP contribution in [-0.4, -0.2) is 48.6 Å². The second-order valence-electron chi connectivity index (χ2n) is 5.83. The molecule has 0 saturated carbocycles. The quantitative estimate of drug-likeness (QED) is 0.405.